The number of fused-ring (bicyclic) bond motifs is 1. The Labute approximate surface area is 200 Å². The second-order valence-electron chi connectivity index (χ2n) is 8.60. The fourth-order valence-electron chi connectivity index (χ4n) is 4.31. The lowest BCUT2D eigenvalue weighted by Gasteiger charge is -2.16. The van der Waals surface area contributed by atoms with Crippen molar-refractivity contribution in [2.45, 2.75) is 56.3 Å². The molecule has 0 aromatic carbocycles. The molecule has 4 rings (SSSR count). The molecule has 2 aromatic heterocycles. The summed E-state index contributed by atoms with van der Waals surface area (Å²) >= 11 is 0. The van der Waals surface area contributed by atoms with Crippen LogP contribution in [0.4, 0.5) is 5.69 Å². The molecule has 35 heavy (non-hydrogen) atoms. The summed E-state index contributed by atoms with van der Waals surface area (Å²) in [6.07, 6.45) is -2.05. The Morgan fingerprint density at radius 3 is 2.60 bits per heavy atom. The summed E-state index contributed by atoms with van der Waals surface area (Å²) in [7, 11) is -9.19. The first-order chi connectivity index (χ1) is 16.5. The van der Waals surface area contributed by atoms with Crippen LogP contribution in [0.2, 0.25) is 0 Å². The van der Waals surface area contributed by atoms with Crippen LogP contribution in [-0.4, -0.2) is 95.7 Å². The van der Waals surface area contributed by atoms with Crippen molar-refractivity contribution in [3.8, 4) is 11.8 Å². The van der Waals surface area contributed by atoms with Gasteiger partial charge in [-0.2, -0.15) is 4.68 Å². The minimum atomic E-state index is -4.87. The van der Waals surface area contributed by atoms with Crippen molar-refractivity contribution >= 4 is 34.3 Å². The maximum atomic E-state index is 12.2. The smallest absolute Gasteiger partial charge is 0.340 e. The highest BCUT2D eigenvalue weighted by molar-refractivity contribution is 7.97. The Balaban J connectivity index is 1.66. The molecule has 192 valence electrons. The van der Waals surface area contributed by atoms with Crippen LogP contribution in [0, 0.1) is 11.8 Å². The zero-order valence-corrected chi connectivity index (χ0v) is 20.1. The van der Waals surface area contributed by atoms with Crippen LogP contribution in [0.5, 0.6) is 0 Å². The summed E-state index contributed by atoms with van der Waals surface area (Å²) in [6, 6.07) is 1.88. The van der Waals surface area contributed by atoms with Crippen LogP contribution in [0.1, 0.15) is 37.6 Å². The normalized spacial score (nSPS) is 25.6. The Bertz CT molecular complexity index is 1300. The number of sulfone groups is 1. The second kappa shape index (κ2) is 10.1. The summed E-state index contributed by atoms with van der Waals surface area (Å²) in [6.45, 7) is -0.385. The quantitative estimate of drug-likeness (QED) is 0.181. The predicted molar refractivity (Wildman–Crippen MR) is 122 cm³/mol. The van der Waals surface area contributed by atoms with E-state index in [1.807, 2.05) is 0 Å². The molecular formula is C19H26N5O9PS. The number of aliphatic hydroxyl groups excluding tert-OH is 3. The van der Waals surface area contributed by atoms with E-state index in [9.17, 15) is 23.2 Å². The number of pyridine rings is 1. The molecule has 2 aromatic rings. The van der Waals surface area contributed by atoms with Crippen molar-refractivity contribution in [1.82, 2.24) is 20.0 Å². The summed E-state index contributed by atoms with van der Waals surface area (Å²) in [5.74, 6) is 4.31. The fraction of sp³-hybridized carbons (Fsp3) is 0.632. The molecule has 3 heterocycles. The van der Waals surface area contributed by atoms with Crippen molar-refractivity contribution in [3.05, 3.63) is 11.8 Å². The molecule has 14 nitrogen and oxygen atoms in total. The van der Waals surface area contributed by atoms with E-state index in [-0.39, 0.29) is 24.0 Å². The summed E-state index contributed by atoms with van der Waals surface area (Å²) in [4.78, 5) is 22.4. The van der Waals surface area contributed by atoms with Crippen molar-refractivity contribution in [2.24, 2.45) is 0 Å². The highest BCUT2D eigenvalue weighted by Gasteiger charge is 2.47. The maximum Gasteiger partial charge on any atom is 0.340 e. The minimum Gasteiger partial charge on any atom is -0.387 e. The van der Waals surface area contributed by atoms with Gasteiger partial charge in [0, 0.05) is 6.04 Å². The van der Waals surface area contributed by atoms with E-state index in [1.165, 1.54) is 0 Å². The van der Waals surface area contributed by atoms with Gasteiger partial charge >= 0.3 is 7.60 Å². The first-order valence-electron chi connectivity index (χ1n) is 10.9. The van der Waals surface area contributed by atoms with E-state index in [0.29, 0.717) is 11.2 Å². The van der Waals surface area contributed by atoms with Gasteiger partial charge in [0.15, 0.2) is 32.7 Å². The summed E-state index contributed by atoms with van der Waals surface area (Å²) < 4.78 is 42.1. The molecule has 0 amide bonds. The van der Waals surface area contributed by atoms with Gasteiger partial charge in [0.1, 0.15) is 30.6 Å². The molecule has 6 N–H and O–H groups in total. The van der Waals surface area contributed by atoms with E-state index in [0.717, 1.165) is 30.4 Å². The fourth-order valence-corrected chi connectivity index (χ4v) is 7.56. The van der Waals surface area contributed by atoms with Crippen LogP contribution in [0.25, 0.3) is 11.2 Å². The lowest BCUT2D eigenvalue weighted by Crippen LogP contribution is -2.36. The number of rotatable bonds is 7. The van der Waals surface area contributed by atoms with Gasteiger partial charge in [-0.25, -0.2) is 13.4 Å². The van der Waals surface area contributed by atoms with E-state index in [1.54, 1.807) is 6.07 Å². The van der Waals surface area contributed by atoms with Gasteiger partial charge in [0.25, 0.3) is 0 Å². The predicted octanol–water partition coefficient (Wildman–Crippen LogP) is -1.31. The highest BCUT2D eigenvalue weighted by atomic mass is 32.2. The number of hydrogen-bond donors (Lipinski definition) is 6. The van der Waals surface area contributed by atoms with Gasteiger partial charge in [-0.15, -0.1) is 5.10 Å². The third-order valence-corrected chi connectivity index (χ3v) is 9.56. The second-order valence-corrected chi connectivity index (χ2v) is 12.8. The average molecular weight is 531 g/mol. The molecule has 1 aliphatic heterocycles. The van der Waals surface area contributed by atoms with Gasteiger partial charge < -0.3 is 35.2 Å². The standard InChI is InChI=1S/C19H26N5O9PS/c25-7-3-6-12-8-13(20-11-4-1-2-5-11)15-18(21-12)24(23-22-15)19-17(27)16(26)14(33-19)9-35(31,32)10-34(28,29)30/h8,11,14,16-17,19,25-27H,1-2,4-5,7,9-10H2,(H,20,21)(H2,28,29,30)/t14-,16-,17-,19-/m1/s1. The van der Waals surface area contributed by atoms with Crippen LogP contribution in [0.15, 0.2) is 6.07 Å². The van der Waals surface area contributed by atoms with Crippen molar-refractivity contribution in [1.29, 1.82) is 0 Å². The molecule has 0 spiro atoms. The number of anilines is 1. The van der Waals surface area contributed by atoms with Crippen LogP contribution in [-0.2, 0) is 19.1 Å². The molecular weight excluding hydrogens is 505 g/mol. The molecule has 16 heteroatoms. The molecule has 0 radical (unpaired) electrons. The zero-order chi connectivity index (χ0) is 25.4. The summed E-state index contributed by atoms with van der Waals surface area (Å²) in [5, 5.41) is 41.6. The van der Waals surface area contributed by atoms with E-state index in [4.69, 9.17) is 19.6 Å². The molecule has 2 fully saturated rings. The molecule has 1 aliphatic carbocycles. The third kappa shape index (κ3) is 5.99. The topological polar surface area (TPSA) is 217 Å². The third-order valence-electron chi connectivity index (χ3n) is 5.80. The Morgan fingerprint density at radius 2 is 1.94 bits per heavy atom. The van der Waals surface area contributed by atoms with Crippen molar-refractivity contribution in [3.63, 3.8) is 0 Å². The lowest BCUT2D eigenvalue weighted by atomic mass is 10.1. The van der Waals surface area contributed by atoms with E-state index < -0.39 is 53.2 Å². The number of nitrogens with zero attached hydrogens (tertiary/aromatic N) is 4. The van der Waals surface area contributed by atoms with Crippen LogP contribution < -0.4 is 5.32 Å². The monoisotopic (exact) mass is 531 g/mol. The molecule has 2 aliphatic rings. The van der Waals surface area contributed by atoms with Crippen LogP contribution >= 0.6 is 7.60 Å². The Hall–Kier alpha value is -2.15. The lowest BCUT2D eigenvalue weighted by molar-refractivity contribution is -0.0375. The number of hydrogen-bond acceptors (Lipinski definition) is 11. The number of ether oxygens (including phenoxy) is 1. The first kappa shape index (κ1) is 25.9. The van der Waals surface area contributed by atoms with E-state index >= 15 is 0 Å². The number of aliphatic hydroxyl groups is 3. The Morgan fingerprint density at radius 1 is 1.23 bits per heavy atom. The molecule has 0 unspecified atom stereocenters. The minimum absolute atomic E-state index is 0.144. The zero-order valence-electron chi connectivity index (χ0n) is 18.4. The highest BCUT2D eigenvalue weighted by Crippen LogP contribution is 2.38. The largest absolute Gasteiger partial charge is 0.387 e. The van der Waals surface area contributed by atoms with Gasteiger partial charge in [0.2, 0.25) is 0 Å². The Kier molecular flexibility index (Phi) is 7.46. The van der Waals surface area contributed by atoms with Gasteiger partial charge in [-0.3, -0.25) is 4.57 Å². The van der Waals surface area contributed by atoms with Crippen molar-refractivity contribution in [2.75, 3.05) is 23.2 Å². The van der Waals surface area contributed by atoms with Gasteiger partial charge in [-0.1, -0.05) is 24.0 Å². The molecule has 4 atom stereocenters. The summed E-state index contributed by atoms with van der Waals surface area (Å²) in [5.41, 5.74) is -0.0577. The molecule has 0 bridgehead atoms. The van der Waals surface area contributed by atoms with Crippen molar-refractivity contribution < 1.29 is 42.8 Å². The van der Waals surface area contributed by atoms with Gasteiger partial charge in [-0.05, 0) is 24.8 Å². The SMILES string of the molecule is O=P(O)(O)CS(=O)(=O)C[C@H]1O[C@@H](n2nnc3c(NC4CCCC4)cc(C#CCO)nc32)[C@H](O)[C@@H]1O. The maximum absolute atomic E-state index is 12.2. The van der Waals surface area contributed by atoms with Crippen LogP contribution in [0.3, 0.4) is 0 Å². The van der Waals surface area contributed by atoms with Gasteiger partial charge in [0.05, 0.1) is 11.4 Å². The molecule has 1 saturated heterocycles. The number of nitrogens with one attached hydrogen (secondary N) is 1. The molecule has 1 saturated carbocycles. The average Bonchev–Trinajstić information content (AvgIpc) is 3.47. The first-order valence-corrected chi connectivity index (χ1v) is 14.5. The number of aromatic nitrogens is 4. The van der Waals surface area contributed by atoms with E-state index in [2.05, 4.69) is 32.5 Å².